The van der Waals surface area contributed by atoms with E-state index in [0.717, 1.165) is 5.56 Å². The molecule has 0 bridgehead atoms. The molecule has 1 aromatic rings. The first-order chi connectivity index (χ1) is 29.3. The number of benzene rings is 1. The van der Waals surface area contributed by atoms with E-state index < -0.39 is 103 Å². The molecule has 4 unspecified atom stereocenters. The van der Waals surface area contributed by atoms with Crippen LogP contribution in [-0.2, 0) is 54.1 Å². The van der Waals surface area contributed by atoms with Gasteiger partial charge in [-0.05, 0) is 84.7 Å². The van der Waals surface area contributed by atoms with Gasteiger partial charge >= 0.3 is 11.9 Å². The zero-order valence-electron chi connectivity index (χ0n) is 38.4. The second-order valence-corrected chi connectivity index (χ2v) is 18.2. The molecule has 15 atom stereocenters. The third-order valence-electron chi connectivity index (χ3n) is 11.9. The van der Waals surface area contributed by atoms with Crippen molar-refractivity contribution in [3.63, 3.8) is 0 Å². The van der Waals surface area contributed by atoms with Gasteiger partial charge in [0, 0.05) is 38.8 Å². The Labute approximate surface area is 368 Å². The van der Waals surface area contributed by atoms with Crippen molar-refractivity contribution in [1.29, 1.82) is 0 Å². The van der Waals surface area contributed by atoms with Gasteiger partial charge in [0.25, 0.3) is 0 Å². The fourth-order valence-corrected chi connectivity index (χ4v) is 8.72. The first-order valence-electron chi connectivity index (χ1n) is 22.2. The number of hydrogen-bond acceptors (Lipinski definition) is 15. The van der Waals surface area contributed by atoms with Crippen LogP contribution in [0.3, 0.4) is 0 Å². The van der Waals surface area contributed by atoms with E-state index in [1.165, 1.54) is 13.2 Å². The summed E-state index contributed by atoms with van der Waals surface area (Å²) in [4.78, 5) is 41.0. The van der Waals surface area contributed by atoms with Gasteiger partial charge in [-0.15, -0.1) is 0 Å². The van der Waals surface area contributed by atoms with Crippen LogP contribution in [0.25, 0.3) is 0 Å². The number of rotatable bonds is 14. The Bertz CT molecular complexity index is 1600. The maximum absolute atomic E-state index is 13.5. The summed E-state index contributed by atoms with van der Waals surface area (Å²) in [6, 6.07) is 9.21. The average Bonchev–Trinajstić information content (AvgIpc) is 3.18. The van der Waals surface area contributed by atoms with Gasteiger partial charge in [0.05, 0.1) is 36.9 Å². The van der Waals surface area contributed by atoms with E-state index in [1.807, 2.05) is 57.2 Å². The number of aliphatic hydroxyl groups excluding tert-OH is 2. The van der Waals surface area contributed by atoms with E-state index in [1.54, 1.807) is 58.8 Å². The highest BCUT2D eigenvalue weighted by Gasteiger charge is 2.52. The third kappa shape index (κ3) is 15.0. The van der Waals surface area contributed by atoms with Gasteiger partial charge in [-0.2, -0.15) is 0 Å². The molecule has 15 heteroatoms. The first kappa shape index (κ1) is 51.5. The number of methoxy groups -OCH3 is 1. The lowest BCUT2D eigenvalue weighted by molar-refractivity contribution is -0.344. The summed E-state index contributed by atoms with van der Waals surface area (Å²) >= 11 is 0. The Morgan fingerprint density at radius 1 is 0.984 bits per heavy atom. The Hall–Kier alpha value is -3.09. The van der Waals surface area contributed by atoms with Crippen LogP contribution >= 0.6 is 0 Å². The highest BCUT2D eigenvalue weighted by molar-refractivity contribution is 5.91. The fraction of sp³-hybridized carbons (Fsp3) is 0.723. The number of esters is 2. The van der Waals surface area contributed by atoms with E-state index in [0.29, 0.717) is 32.4 Å². The standard InChI is InChI=1S/C47H74N2O13/c1-28(2)23-37(52)60-45-32(6)58-39(26-47(45,7)55)61-42-31(5)59-46(41(54)40(42)49(8)9)62-43-34(21-22-48-27-33-18-14-12-15-19-33)24-29(3)35(50)20-16-11-13-17-30(4)57-38(53)25-36(51)44(43)56-10/h11-16,18-20,28-32,34,36,39-46,48,51,54-55H,17,21-27H2,1-10H3/t29-,30-,31-,32?,34+,36+,39?,40-,41-,42-,43+,44+,45?,46+,47?/m1/s1. The number of nitrogens with zero attached hydrogens (tertiary/aromatic N) is 1. The van der Waals surface area contributed by atoms with Gasteiger partial charge in [0.15, 0.2) is 24.5 Å². The Morgan fingerprint density at radius 2 is 1.69 bits per heavy atom. The van der Waals surface area contributed by atoms with E-state index in [-0.39, 0.29) is 31.0 Å². The van der Waals surface area contributed by atoms with Crippen molar-refractivity contribution in [2.24, 2.45) is 17.8 Å². The lowest BCUT2D eigenvalue weighted by atomic mass is 9.82. The lowest BCUT2D eigenvalue weighted by Gasteiger charge is -2.50. The number of aliphatic hydroxyl groups is 3. The van der Waals surface area contributed by atoms with Crippen LogP contribution < -0.4 is 5.32 Å². The number of carbonyl (C=O) groups is 3. The molecule has 4 rings (SSSR count). The second kappa shape index (κ2) is 24.3. The summed E-state index contributed by atoms with van der Waals surface area (Å²) < 4.78 is 43.3. The number of hydrogen-bond donors (Lipinski definition) is 4. The molecule has 0 radical (unpaired) electrons. The number of nitrogens with one attached hydrogen (secondary N) is 1. The molecular weight excluding hydrogens is 801 g/mol. The molecule has 0 spiro atoms. The summed E-state index contributed by atoms with van der Waals surface area (Å²) in [5.41, 5.74) is -0.384. The van der Waals surface area contributed by atoms with Crippen LogP contribution in [0.15, 0.2) is 54.6 Å². The van der Waals surface area contributed by atoms with Crippen LogP contribution in [0, 0.1) is 17.8 Å². The molecule has 0 aliphatic carbocycles. The molecule has 3 aliphatic rings. The number of likely N-dealkylation sites (N-methyl/N-ethyl adjacent to an activating group) is 1. The van der Waals surface area contributed by atoms with E-state index in [2.05, 4.69) is 5.32 Å². The topological polar surface area (TPSA) is 192 Å². The summed E-state index contributed by atoms with van der Waals surface area (Å²) in [5.74, 6) is -1.96. The van der Waals surface area contributed by atoms with Crippen molar-refractivity contribution in [1.82, 2.24) is 10.2 Å². The molecule has 0 amide bonds. The number of allylic oxidation sites excluding steroid dienone is 3. The van der Waals surface area contributed by atoms with Crippen molar-refractivity contribution in [2.45, 2.75) is 173 Å². The smallest absolute Gasteiger partial charge is 0.308 e. The SMILES string of the molecule is CO[C@@H]1[C@@H](O[C@@H]2O[C@H](C)[C@@H](OC3CC(C)(O)C(OC(=O)CC(C)C)C(C)O3)[C@H](N(C)C)[C@H]2O)[C@@H](CCNCc2ccccc2)C[C@@H](C)C(=O)C=CC=CC[C@@H](C)OC(=O)C[C@@H]1O. The van der Waals surface area contributed by atoms with Crippen LogP contribution in [0.5, 0.6) is 0 Å². The summed E-state index contributed by atoms with van der Waals surface area (Å²) in [5, 5.41) is 38.9. The minimum absolute atomic E-state index is 0.0184. The molecular formula is C47H74N2O13. The number of ether oxygens (including phenoxy) is 7. The number of ketones is 1. The van der Waals surface area contributed by atoms with Crippen molar-refractivity contribution < 1.29 is 62.9 Å². The number of cyclic esters (lactones) is 1. The predicted molar refractivity (Wildman–Crippen MR) is 231 cm³/mol. The summed E-state index contributed by atoms with van der Waals surface area (Å²) in [6.45, 7) is 13.6. The summed E-state index contributed by atoms with van der Waals surface area (Å²) in [6.07, 6.45) is -2.85. The molecule has 15 nitrogen and oxygen atoms in total. The van der Waals surface area contributed by atoms with Crippen molar-refractivity contribution in [2.75, 3.05) is 27.7 Å². The molecule has 3 aliphatic heterocycles. The molecule has 0 saturated carbocycles. The van der Waals surface area contributed by atoms with Crippen LogP contribution in [0.2, 0.25) is 0 Å². The zero-order chi connectivity index (χ0) is 45.7. The lowest BCUT2D eigenvalue weighted by Crippen LogP contribution is -2.66. The van der Waals surface area contributed by atoms with Crippen LogP contribution in [0.1, 0.15) is 92.6 Å². The Morgan fingerprint density at radius 3 is 2.34 bits per heavy atom. The van der Waals surface area contributed by atoms with Gasteiger partial charge in [0.2, 0.25) is 0 Å². The average molecular weight is 875 g/mol. The van der Waals surface area contributed by atoms with Crippen LogP contribution in [0.4, 0.5) is 0 Å². The summed E-state index contributed by atoms with van der Waals surface area (Å²) in [7, 11) is 5.01. The van der Waals surface area contributed by atoms with Crippen molar-refractivity contribution in [3.05, 3.63) is 60.2 Å². The Kier molecular flexibility index (Phi) is 20.2. The van der Waals surface area contributed by atoms with Crippen LogP contribution in [-0.4, -0.2) is 145 Å². The largest absolute Gasteiger partial charge is 0.462 e. The normalized spacial score (nSPS) is 36.8. The molecule has 4 N–H and O–H groups in total. The predicted octanol–water partition coefficient (Wildman–Crippen LogP) is 4.24. The van der Waals surface area contributed by atoms with Gasteiger partial charge < -0.3 is 58.7 Å². The molecule has 0 aromatic heterocycles. The fourth-order valence-electron chi connectivity index (χ4n) is 8.72. The van der Waals surface area contributed by atoms with E-state index in [9.17, 15) is 29.7 Å². The highest BCUT2D eigenvalue weighted by Crippen LogP contribution is 2.37. The second-order valence-electron chi connectivity index (χ2n) is 18.2. The van der Waals surface area contributed by atoms with Gasteiger partial charge in [-0.1, -0.05) is 69.3 Å². The quantitative estimate of drug-likeness (QED) is 0.153. The maximum Gasteiger partial charge on any atom is 0.308 e. The van der Waals surface area contributed by atoms with Crippen molar-refractivity contribution in [3.8, 4) is 0 Å². The molecule has 2 saturated heterocycles. The molecule has 1 aromatic carbocycles. The number of carbonyl (C=O) groups excluding carboxylic acids is 3. The zero-order valence-corrected chi connectivity index (χ0v) is 38.4. The first-order valence-corrected chi connectivity index (χ1v) is 22.2. The van der Waals surface area contributed by atoms with E-state index in [4.69, 9.17) is 33.2 Å². The van der Waals surface area contributed by atoms with Crippen molar-refractivity contribution >= 4 is 17.7 Å². The van der Waals surface area contributed by atoms with Gasteiger partial charge in [-0.25, -0.2) is 0 Å². The highest BCUT2D eigenvalue weighted by atomic mass is 16.7. The maximum atomic E-state index is 13.5. The Balaban J connectivity index is 1.63. The van der Waals surface area contributed by atoms with Gasteiger partial charge in [-0.3, -0.25) is 14.4 Å². The third-order valence-corrected chi connectivity index (χ3v) is 11.9. The van der Waals surface area contributed by atoms with E-state index >= 15 is 0 Å². The monoisotopic (exact) mass is 875 g/mol. The molecule has 350 valence electrons. The van der Waals surface area contributed by atoms with Gasteiger partial charge in [0.1, 0.15) is 30.0 Å². The molecule has 62 heavy (non-hydrogen) atoms. The minimum atomic E-state index is -1.48. The minimum Gasteiger partial charge on any atom is -0.462 e. The molecule has 2 fully saturated rings. The molecule has 3 heterocycles.